The van der Waals surface area contributed by atoms with Gasteiger partial charge in [-0.25, -0.2) is 0 Å². The van der Waals surface area contributed by atoms with Crippen LogP contribution in [-0.4, -0.2) is 25.8 Å². The summed E-state index contributed by atoms with van der Waals surface area (Å²) >= 11 is 5.86. The van der Waals surface area contributed by atoms with Crippen molar-refractivity contribution in [1.82, 2.24) is 5.32 Å². The normalized spacial score (nSPS) is 25.6. The van der Waals surface area contributed by atoms with E-state index in [2.05, 4.69) is 17.4 Å². The Kier molecular flexibility index (Phi) is 4.22. The second-order valence-corrected chi connectivity index (χ2v) is 4.80. The average Bonchev–Trinajstić information content (AvgIpc) is 2.32. The number of benzene rings is 1. The van der Waals surface area contributed by atoms with Gasteiger partial charge in [0.25, 0.3) is 0 Å². The van der Waals surface area contributed by atoms with Crippen LogP contribution in [0.3, 0.4) is 0 Å². The van der Waals surface area contributed by atoms with Gasteiger partial charge >= 0.3 is 0 Å². The molecule has 2 nitrogen and oxygen atoms in total. The summed E-state index contributed by atoms with van der Waals surface area (Å²) in [6.45, 7) is 1.05. The fraction of sp³-hybridized carbons (Fsp3) is 0.538. The molecule has 1 aromatic carbocycles. The van der Waals surface area contributed by atoms with E-state index in [1.54, 1.807) is 7.11 Å². The maximum Gasteiger partial charge on any atom is 0.0598 e. The second kappa shape index (κ2) is 5.67. The van der Waals surface area contributed by atoms with Gasteiger partial charge in [-0.1, -0.05) is 23.7 Å². The van der Waals surface area contributed by atoms with Crippen molar-refractivity contribution in [2.75, 3.05) is 13.7 Å². The van der Waals surface area contributed by atoms with E-state index in [1.165, 1.54) is 5.56 Å². The zero-order chi connectivity index (χ0) is 11.4. The number of piperidine rings is 1. The summed E-state index contributed by atoms with van der Waals surface area (Å²) in [5.74, 6) is 0. The lowest BCUT2D eigenvalue weighted by atomic mass is 9.96. The maximum absolute atomic E-state index is 5.86. The van der Waals surface area contributed by atoms with E-state index in [9.17, 15) is 0 Å². The number of hydrogen-bond acceptors (Lipinski definition) is 2. The number of halogens is 1. The molecule has 0 spiro atoms. The van der Waals surface area contributed by atoms with E-state index < -0.39 is 0 Å². The minimum Gasteiger partial charge on any atom is -0.381 e. The Bertz CT molecular complexity index is 325. The summed E-state index contributed by atoms with van der Waals surface area (Å²) in [5, 5.41) is 4.33. The summed E-state index contributed by atoms with van der Waals surface area (Å²) in [6.07, 6.45) is 3.68. The number of methoxy groups -OCH3 is 1. The molecule has 1 aromatic rings. The van der Waals surface area contributed by atoms with E-state index in [-0.39, 0.29) is 0 Å². The minimum absolute atomic E-state index is 0.415. The summed E-state index contributed by atoms with van der Waals surface area (Å²) in [4.78, 5) is 0. The highest BCUT2D eigenvalue weighted by Gasteiger charge is 2.20. The lowest BCUT2D eigenvalue weighted by Crippen LogP contribution is -2.42. The molecule has 1 saturated heterocycles. The third kappa shape index (κ3) is 3.21. The van der Waals surface area contributed by atoms with Crippen molar-refractivity contribution in [1.29, 1.82) is 0 Å². The van der Waals surface area contributed by atoms with E-state index in [0.29, 0.717) is 12.1 Å². The first kappa shape index (κ1) is 11.9. The van der Waals surface area contributed by atoms with Crippen LogP contribution in [-0.2, 0) is 11.2 Å². The highest BCUT2D eigenvalue weighted by Crippen LogP contribution is 2.17. The molecule has 2 rings (SSSR count). The molecule has 16 heavy (non-hydrogen) atoms. The molecule has 2 atom stereocenters. The van der Waals surface area contributed by atoms with Crippen molar-refractivity contribution in [3.05, 3.63) is 34.9 Å². The van der Waals surface area contributed by atoms with Crippen molar-refractivity contribution in [2.24, 2.45) is 0 Å². The Hall–Kier alpha value is -0.570. The predicted molar refractivity (Wildman–Crippen MR) is 67.0 cm³/mol. The smallest absolute Gasteiger partial charge is 0.0598 e. The van der Waals surface area contributed by atoms with Crippen LogP contribution < -0.4 is 5.32 Å². The highest BCUT2D eigenvalue weighted by atomic mass is 35.5. The van der Waals surface area contributed by atoms with Crippen LogP contribution >= 0.6 is 11.6 Å². The molecule has 0 saturated carbocycles. The van der Waals surface area contributed by atoms with Gasteiger partial charge in [0.2, 0.25) is 0 Å². The molecule has 1 unspecified atom stereocenters. The minimum atomic E-state index is 0.415. The lowest BCUT2D eigenvalue weighted by molar-refractivity contribution is 0.0621. The van der Waals surface area contributed by atoms with Gasteiger partial charge in [-0.05, 0) is 43.5 Å². The molecule has 0 aromatic heterocycles. The number of ether oxygens (including phenoxy) is 1. The zero-order valence-corrected chi connectivity index (χ0v) is 10.3. The third-order valence-corrected chi connectivity index (χ3v) is 3.43. The van der Waals surface area contributed by atoms with Gasteiger partial charge in [0.1, 0.15) is 0 Å². The molecule has 1 fully saturated rings. The summed E-state index contributed by atoms with van der Waals surface area (Å²) in [5.41, 5.74) is 1.33. The molecule has 0 radical (unpaired) electrons. The molecule has 1 aliphatic heterocycles. The van der Waals surface area contributed by atoms with Crippen LogP contribution in [0, 0.1) is 0 Å². The monoisotopic (exact) mass is 239 g/mol. The quantitative estimate of drug-likeness (QED) is 0.876. The zero-order valence-electron chi connectivity index (χ0n) is 9.58. The van der Waals surface area contributed by atoms with Crippen LogP contribution in [0.5, 0.6) is 0 Å². The number of hydrogen-bond donors (Lipinski definition) is 1. The molecule has 1 aliphatic rings. The summed E-state index contributed by atoms with van der Waals surface area (Å²) < 4.78 is 5.42. The van der Waals surface area contributed by atoms with Crippen molar-refractivity contribution in [3.8, 4) is 0 Å². The number of rotatable bonds is 3. The Labute approximate surface area is 102 Å². The van der Waals surface area contributed by atoms with Crippen LogP contribution in [0.1, 0.15) is 18.4 Å². The molecule has 3 heteroatoms. The molecule has 0 amide bonds. The Balaban J connectivity index is 1.91. The van der Waals surface area contributed by atoms with Gasteiger partial charge in [-0.15, -0.1) is 0 Å². The maximum atomic E-state index is 5.86. The first-order valence-electron chi connectivity index (χ1n) is 5.78. The van der Waals surface area contributed by atoms with Crippen molar-refractivity contribution >= 4 is 11.6 Å². The molecule has 0 aliphatic carbocycles. The van der Waals surface area contributed by atoms with E-state index in [0.717, 1.165) is 30.8 Å². The van der Waals surface area contributed by atoms with Crippen molar-refractivity contribution in [3.63, 3.8) is 0 Å². The molecule has 1 heterocycles. The average molecular weight is 240 g/mol. The van der Waals surface area contributed by atoms with Gasteiger partial charge in [0, 0.05) is 18.2 Å². The van der Waals surface area contributed by atoms with E-state index in [1.807, 2.05) is 12.1 Å². The van der Waals surface area contributed by atoms with Gasteiger partial charge in [0.05, 0.1) is 6.10 Å². The largest absolute Gasteiger partial charge is 0.381 e. The SMILES string of the molecule is CO[C@H]1CCNC(Cc2ccc(Cl)cc2)C1. The van der Waals surface area contributed by atoms with Crippen molar-refractivity contribution in [2.45, 2.75) is 31.4 Å². The summed E-state index contributed by atoms with van der Waals surface area (Å²) in [6, 6.07) is 8.63. The standard InChI is InChI=1S/C13H18ClNO/c1-16-13-6-7-15-12(9-13)8-10-2-4-11(14)5-3-10/h2-5,12-13,15H,6-9H2,1H3/t12?,13-/m0/s1. The lowest BCUT2D eigenvalue weighted by Gasteiger charge is -2.29. The fourth-order valence-electron chi connectivity index (χ4n) is 2.24. The molecule has 0 bridgehead atoms. The Morgan fingerprint density at radius 1 is 1.38 bits per heavy atom. The molecule has 88 valence electrons. The Morgan fingerprint density at radius 2 is 2.12 bits per heavy atom. The van der Waals surface area contributed by atoms with Gasteiger partial charge in [-0.2, -0.15) is 0 Å². The fourth-order valence-corrected chi connectivity index (χ4v) is 2.37. The third-order valence-electron chi connectivity index (χ3n) is 3.18. The van der Waals surface area contributed by atoms with Crippen LogP contribution in [0.15, 0.2) is 24.3 Å². The van der Waals surface area contributed by atoms with Gasteiger partial charge in [0.15, 0.2) is 0 Å². The van der Waals surface area contributed by atoms with Crippen LogP contribution in [0.4, 0.5) is 0 Å². The molecule has 1 N–H and O–H groups in total. The Morgan fingerprint density at radius 3 is 2.81 bits per heavy atom. The second-order valence-electron chi connectivity index (χ2n) is 4.36. The van der Waals surface area contributed by atoms with Crippen LogP contribution in [0.25, 0.3) is 0 Å². The van der Waals surface area contributed by atoms with E-state index in [4.69, 9.17) is 16.3 Å². The topological polar surface area (TPSA) is 21.3 Å². The predicted octanol–water partition coefficient (Wildman–Crippen LogP) is 2.65. The first-order chi connectivity index (χ1) is 7.78. The summed E-state index contributed by atoms with van der Waals surface area (Å²) in [7, 11) is 1.80. The number of nitrogens with one attached hydrogen (secondary N) is 1. The van der Waals surface area contributed by atoms with Crippen LogP contribution in [0.2, 0.25) is 5.02 Å². The van der Waals surface area contributed by atoms with E-state index >= 15 is 0 Å². The first-order valence-corrected chi connectivity index (χ1v) is 6.16. The van der Waals surface area contributed by atoms with Crippen molar-refractivity contribution < 1.29 is 4.74 Å². The molecular weight excluding hydrogens is 222 g/mol. The molecular formula is C13H18ClNO. The van der Waals surface area contributed by atoms with Gasteiger partial charge < -0.3 is 10.1 Å². The van der Waals surface area contributed by atoms with Gasteiger partial charge in [-0.3, -0.25) is 0 Å². The highest BCUT2D eigenvalue weighted by molar-refractivity contribution is 6.30.